The second kappa shape index (κ2) is 7.12. The van der Waals surface area contributed by atoms with Gasteiger partial charge in [-0.2, -0.15) is 0 Å². The molecule has 2 fully saturated rings. The summed E-state index contributed by atoms with van der Waals surface area (Å²) < 4.78 is 0. The van der Waals surface area contributed by atoms with Crippen molar-refractivity contribution >= 4 is 40.1 Å². The van der Waals surface area contributed by atoms with E-state index in [9.17, 15) is 0 Å². The number of aromatic nitrogens is 2. The zero-order valence-corrected chi connectivity index (χ0v) is 15.6. The van der Waals surface area contributed by atoms with Crippen molar-refractivity contribution in [3.8, 4) is 0 Å². The highest BCUT2D eigenvalue weighted by molar-refractivity contribution is 7.99. The van der Waals surface area contributed by atoms with Crippen LogP contribution in [0.3, 0.4) is 0 Å². The van der Waals surface area contributed by atoms with E-state index >= 15 is 0 Å². The Bertz CT molecular complexity index is 704. The Balaban J connectivity index is 1.54. The van der Waals surface area contributed by atoms with E-state index in [0.717, 1.165) is 53.1 Å². The van der Waals surface area contributed by atoms with Gasteiger partial charge in [-0.1, -0.05) is 23.4 Å². The van der Waals surface area contributed by atoms with Crippen LogP contribution in [-0.4, -0.2) is 66.4 Å². The van der Waals surface area contributed by atoms with Gasteiger partial charge in [0.1, 0.15) is 0 Å². The topological polar surface area (TPSA) is 47.2 Å². The summed E-state index contributed by atoms with van der Waals surface area (Å²) in [5, 5.41) is 5.87. The molecule has 1 aromatic heterocycles. The minimum Gasteiger partial charge on any atom is -0.368 e. The SMILES string of the molecule is CN1CCC(Sc2nc3cc(N4CCNCC4)c(Cl)cc3[nH]2)CC1. The molecule has 0 saturated carbocycles. The minimum absolute atomic E-state index is 0.657. The number of nitrogens with one attached hydrogen (secondary N) is 2. The standard InChI is InChI=1S/C17H24ClN5S/c1-22-6-2-12(3-7-22)24-17-20-14-10-13(18)16(11-15(14)21-17)23-8-4-19-5-9-23/h10-12,19H,2-9H2,1H3,(H,20,21). The number of hydrogen-bond donors (Lipinski definition) is 2. The Morgan fingerprint density at radius 3 is 2.67 bits per heavy atom. The first kappa shape index (κ1) is 16.5. The third-order valence-electron chi connectivity index (χ3n) is 4.93. The summed E-state index contributed by atoms with van der Waals surface area (Å²) in [5.41, 5.74) is 3.16. The fourth-order valence-electron chi connectivity index (χ4n) is 3.46. The number of piperidine rings is 1. The lowest BCUT2D eigenvalue weighted by Gasteiger charge is -2.30. The van der Waals surface area contributed by atoms with Crippen LogP contribution in [0.4, 0.5) is 5.69 Å². The van der Waals surface area contributed by atoms with Gasteiger partial charge in [-0.3, -0.25) is 0 Å². The van der Waals surface area contributed by atoms with Gasteiger partial charge in [0.05, 0.1) is 21.7 Å². The molecular weight excluding hydrogens is 342 g/mol. The van der Waals surface area contributed by atoms with E-state index in [-0.39, 0.29) is 0 Å². The molecule has 4 rings (SSSR count). The molecule has 0 aliphatic carbocycles. The van der Waals surface area contributed by atoms with E-state index in [1.807, 2.05) is 17.8 Å². The van der Waals surface area contributed by atoms with Gasteiger partial charge in [0.15, 0.2) is 5.16 Å². The molecule has 2 aliphatic rings. The number of benzene rings is 1. The lowest BCUT2D eigenvalue weighted by Crippen LogP contribution is -2.43. The number of thioether (sulfide) groups is 1. The van der Waals surface area contributed by atoms with Crippen molar-refractivity contribution in [2.45, 2.75) is 23.2 Å². The van der Waals surface area contributed by atoms with E-state index in [1.54, 1.807) is 0 Å². The molecular formula is C17H24ClN5S. The molecule has 0 amide bonds. The Hall–Kier alpha value is -0.950. The van der Waals surface area contributed by atoms with E-state index in [4.69, 9.17) is 16.6 Å². The van der Waals surface area contributed by atoms with Crippen molar-refractivity contribution in [3.05, 3.63) is 17.2 Å². The van der Waals surface area contributed by atoms with Crippen molar-refractivity contribution in [2.75, 3.05) is 51.2 Å². The Morgan fingerprint density at radius 1 is 1.17 bits per heavy atom. The Labute approximate surface area is 152 Å². The highest BCUT2D eigenvalue weighted by Gasteiger charge is 2.20. The molecule has 2 N–H and O–H groups in total. The molecule has 2 saturated heterocycles. The summed E-state index contributed by atoms with van der Waals surface area (Å²) in [4.78, 5) is 13.0. The van der Waals surface area contributed by atoms with E-state index in [0.29, 0.717) is 5.25 Å². The van der Waals surface area contributed by atoms with E-state index in [2.05, 4.69) is 33.2 Å². The maximum atomic E-state index is 6.53. The summed E-state index contributed by atoms with van der Waals surface area (Å²) in [6, 6.07) is 4.16. The molecule has 0 unspecified atom stereocenters. The first-order valence-corrected chi connectivity index (χ1v) is 9.95. The molecule has 0 radical (unpaired) electrons. The van der Waals surface area contributed by atoms with Crippen LogP contribution in [0.2, 0.25) is 5.02 Å². The quantitative estimate of drug-likeness (QED) is 0.875. The number of H-pyrrole nitrogens is 1. The van der Waals surface area contributed by atoms with Crippen LogP contribution in [0.25, 0.3) is 11.0 Å². The monoisotopic (exact) mass is 365 g/mol. The van der Waals surface area contributed by atoms with Gasteiger partial charge in [0.25, 0.3) is 0 Å². The molecule has 3 heterocycles. The Morgan fingerprint density at radius 2 is 1.92 bits per heavy atom. The number of rotatable bonds is 3. The van der Waals surface area contributed by atoms with Gasteiger partial charge < -0.3 is 20.1 Å². The summed E-state index contributed by atoms with van der Waals surface area (Å²) >= 11 is 8.41. The predicted molar refractivity (Wildman–Crippen MR) is 103 cm³/mol. The lowest BCUT2D eigenvalue weighted by molar-refractivity contribution is 0.282. The van der Waals surface area contributed by atoms with Crippen LogP contribution >= 0.6 is 23.4 Å². The number of halogens is 1. The summed E-state index contributed by atoms with van der Waals surface area (Å²) in [5.74, 6) is 0. The van der Waals surface area contributed by atoms with Gasteiger partial charge in [0.2, 0.25) is 0 Å². The fraction of sp³-hybridized carbons (Fsp3) is 0.588. The molecule has 7 heteroatoms. The molecule has 0 bridgehead atoms. The fourth-order valence-corrected chi connectivity index (χ4v) is 4.83. The highest BCUT2D eigenvalue weighted by Crippen LogP contribution is 2.34. The lowest BCUT2D eigenvalue weighted by atomic mass is 10.1. The van der Waals surface area contributed by atoms with Crippen molar-refractivity contribution in [1.82, 2.24) is 20.2 Å². The minimum atomic E-state index is 0.657. The molecule has 5 nitrogen and oxygen atoms in total. The maximum Gasteiger partial charge on any atom is 0.166 e. The van der Waals surface area contributed by atoms with Crippen molar-refractivity contribution in [3.63, 3.8) is 0 Å². The molecule has 0 atom stereocenters. The number of imidazole rings is 1. The van der Waals surface area contributed by atoms with Crippen LogP contribution < -0.4 is 10.2 Å². The van der Waals surface area contributed by atoms with Gasteiger partial charge in [0, 0.05) is 31.4 Å². The zero-order chi connectivity index (χ0) is 16.5. The van der Waals surface area contributed by atoms with Gasteiger partial charge >= 0.3 is 0 Å². The molecule has 0 spiro atoms. The van der Waals surface area contributed by atoms with Crippen LogP contribution in [-0.2, 0) is 0 Å². The molecule has 2 aromatic rings. The summed E-state index contributed by atoms with van der Waals surface area (Å²) in [6.45, 7) is 6.35. The number of nitrogens with zero attached hydrogens (tertiary/aromatic N) is 3. The smallest absolute Gasteiger partial charge is 0.166 e. The highest BCUT2D eigenvalue weighted by atomic mass is 35.5. The first-order chi connectivity index (χ1) is 11.7. The van der Waals surface area contributed by atoms with Crippen molar-refractivity contribution in [2.24, 2.45) is 0 Å². The normalized spacial score (nSPS) is 20.8. The first-order valence-electron chi connectivity index (χ1n) is 8.69. The molecule has 1 aromatic carbocycles. The van der Waals surface area contributed by atoms with Gasteiger partial charge in [-0.15, -0.1) is 0 Å². The molecule has 2 aliphatic heterocycles. The third kappa shape index (κ3) is 3.52. The van der Waals surface area contributed by atoms with Crippen LogP contribution in [0.5, 0.6) is 0 Å². The number of anilines is 1. The number of aromatic amines is 1. The molecule has 24 heavy (non-hydrogen) atoms. The van der Waals surface area contributed by atoms with Gasteiger partial charge in [-0.25, -0.2) is 4.98 Å². The van der Waals surface area contributed by atoms with E-state index in [1.165, 1.54) is 25.9 Å². The largest absolute Gasteiger partial charge is 0.368 e. The van der Waals surface area contributed by atoms with Crippen LogP contribution in [0, 0.1) is 0 Å². The number of fused-ring (bicyclic) bond motifs is 1. The van der Waals surface area contributed by atoms with Crippen LogP contribution in [0.1, 0.15) is 12.8 Å². The number of piperazine rings is 1. The third-order valence-corrected chi connectivity index (χ3v) is 6.45. The van der Waals surface area contributed by atoms with E-state index < -0.39 is 0 Å². The number of likely N-dealkylation sites (tertiary alicyclic amines) is 1. The van der Waals surface area contributed by atoms with Gasteiger partial charge in [-0.05, 0) is 45.1 Å². The average molecular weight is 366 g/mol. The second-order valence-corrected chi connectivity index (χ2v) is 8.42. The predicted octanol–water partition coefficient (Wildman–Crippen LogP) is 2.81. The summed E-state index contributed by atoms with van der Waals surface area (Å²) in [6.07, 6.45) is 2.45. The molecule has 130 valence electrons. The van der Waals surface area contributed by atoms with Crippen molar-refractivity contribution in [1.29, 1.82) is 0 Å². The summed E-state index contributed by atoms with van der Waals surface area (Å²) in [7, 11) is 2.20. The maximum absolute atomic E-state index is 6.53. The van der Waals surface area contributed by atoms with Crippen LogP contribution in [0.15, 0.2) is 17.3 Å². The number of hydrogen-bond acceptors (Lipinski definition) is 5. The zero-order valence-electron chi connectivity index (χ0n) is 14.0. The Kier molecular flexibility index (Phi) is 4.90. The van der Waals surface area contributed by atoms with Crippen molar-refractivity contribution < 1.29 is 0 Å². The second-order valence-electron chi connectivity index (χ2n) is 6.72. The average Bonchev–Trinajstić information content (AvgIpc) is 2.98.